The Hall–Kier alpha value is -1.68. The Morgan fingerprint density at radius 1 is 1.28 bits per heavy atom. The normalized spacial score (nSPS) is 13.4. The molecule has 0 saturated heterocycles. The Morgan fingerprint density at radius 3 is 2.39 bits per heavy atom. The highest BCUT2D eigenvalue weighted by atomic mass is 19.3. The second-order valence-electron chi connectivity index (χ2n) is 3.67. The first-order valence-electron chi connectivity index (χ1n) is 4.81. The predicted molar refractivity (Wildman–Crippen MR) is 51.6 cm³/mol. The van der Waals surface area contributed by atoms with Gasteiger partial charge in [0, 0.05) is 6.42 Å². The lowest BCUT2D eigenvalue weighted by molar-refractivity contribution is -0.149. The van der Waals surface area contributed by atoms with Crippen molar-refractivity contribution in [3.8, 4) is 6.07 Å². The Bertz CT molecular complexity index is 469. The summed E-state index contributed by atoms with van der Waals surface area (Å²) in [6.45, 7) is 0. The van der Waals surface area contributed by atoms with Gasteiger partial charge in [-0.1, -0.05) is 0 Å². The summed E-state index contributed by atoms with van der Waals surface area (Å²) in [6.07, 6.45) is -7.44. The summed E-state index contributed by atoms with van der Waals surface area (Å²) in [4.78, 5) is 0. The quantitative estimate of drug-likeness (QED) is 0.850. The van der Waals surface area contributed by atoms with E-state index < -0.39 is 30.7 Å². The minimum Gasteiger partial charge on any atom is -0.388 e. The van der Waals surface area contributed by atoms with Crippen LogP contribution in [0, 0.1) is 17.1 Å². The smallest absolute Gasteiger partial charge is 0.310 e. The highest BCUT2D eigenvalue weighted by Gasteiger charge is 2.42. The molecule has 1 N–H and O–H groups in total. The van der Waals surface area contributed by atoms with Gasteiger partial charge < -0.3 is 5.11 Å². The van der Waals surface area contributed by atoms with E-state index in [0.29, 0.717) is 6.07 Å². The molecule has 0 saturated carbocycles. The first-order chi connectivity index (χ1) is 8.26. The van der Waals surface area contributed by atoms with E-state index in [0.717, 1.165) is 12.1 Å². The van der Waals surface area contributed by atoms with Gasteiger partial charge in [-0.3, -0.25) is 0 Å². The summed E-state index contributed by atoms with van der Waals surface area (Å²) in [5.74, 6) is -5.29. The Labute approximate surface area is 99.3 Å². The Balaban J connectivity index is 2.95. The lowest BCUT2D eigenvalue weighted by Gasteiger charge is -2.19. The molecule has 0 aliphatic rings. The van der Waals surface area contributed by atoms with Crippen molar-refractivity contribution in [3.63, 3.8) is 0 Å². The fourth-order valence-electron chi connectivity index (χ4n) is 1.33. The Kier molecular flexibility index (Phi) is 4.24. The minimum atomic E-state index is -4.38. The molecule has 1 atom stereocenters. The van der Waals surface area contributed by atoms with E-state index in [-0.39, 0.29) is 11.1 Å². The lowest BCUT2D eigenvalue weighted by Crippen LogP contribution is -2.28. The molecule has 0 aliphatic carbocycles. The number of alkyl halides is 4. The molecular weight excluding hydrogens is 257 g/mol. The van der Waals surface area contributed by atoms with Crippen LogP contribution in [0.15, 0.2) is 18.2 Å². The molecule has 1 aromatic rings. The van der Waals surface area contributed by atoms with Gasteiger partial charge in [0.2, 0.25) is 0 Å². The summed E-state index contributed by atoms with van der Waals surface area (Å²) in [7, 11) is 0. The third-order valence-electron chi connectivity index (χ3n) is 2.22. The van der Waals surface area contributed by atoms with Crippen LogP contribution in [0.3, 0.4) is 0 Å². The van der Waals surface area contributed by atoms with Crippen LogP contribution in [0.4, 0.5) is 22.0 Å². The van der Waals surface area contributed by atoms with Gasteiger partial charge in [-0.15, -0.1) is 0 Å². The number of hydrogen-bond donors (Lipinski definition) is 1. The van der Waals surface area contributed by atoms with E-state index >= 15 is 0 Å². The van der Waals surface area contributed by atoms with Crippen LogP contribution < -0.4 is 0 Å². The number of nitrogens with zero attached hydrogens (tertiary/aromatic N) is 1. The van der Waals surface area contributed by atoms with Crippen molar-refractivity contribution >= 4 is 0 Å². The molecule has 0 aromatic heterocycles. The fourth-order valence-corrected chi connectivity index (χ4v) is 1.33. The van der Waals surface area contributed by atoms with Gasteiger partial charge in [-0.05, 0) is 23.8 Å². The van der Waals surface area contributed by atoms with Crippen LogP contribution in [0.1, 0.15) is 23.7 Å². The third kappa shape index (κ3) is 3.40. The third-order valence-corrected chi connectivity index (χ3v) is 2.22. The average Bonchev–Trinajstić information content (AvgIpc) is 2.27. The molecule has 0 radical (unpaired) electrons. The first kappa shape index (κ1) is 14.4. The van der Waals surface area contributed by atoms with Crippen LogP contribution in [-0.2, 0) is 0 Å². The topological polar surface area (TPSA) is 44.0 Å². The van der Waals surface area contributed by atoms with Crippen LogP contribution in [-0.4, -0.2) is 17.5 Å². The molecule has 98 valence electrons. The maximum atomic E-state index is 13.0. The molecule has 0 amide bonds. The molecule has 1 unspecified atom stereocenters. The summed E-state index contributed by atoms with van der Waals surface area (Å²) >= 11 is 0. The van der Waals surface area contributed by atoms with Gasteiger partial charge in [-0.25, -0.2) is 22.0 Å². The molecule has 0 bridgehead atoms. The zero-order valence-corrected chi connectivity index (χ0v) is 8.88. The van der Waals surface area contributed by atoms with Crippen molar-refractivity contribution < 1.29 is 27.1 Å². The lowest BCUT2D eigenvalue weighted by atomic mass is 10.0. The van der Waals surface area contributed by atoms with E-state index in [9.17, 15) is 27.1 Å². The minimum absolute atomic E-state index is 0.190. The van der Waals surface area contributed by atoms with Gasteiger partial charge in [0.25, 0.3) is 0 Å². The zero-order valence-electron chi connectivity index (χ0n) is 8.88. The standard InChI is InChI=1S/C11H8F5NO/c12-8-2-6(5-17)1-7(3-8)9(18)4-11(15,16)10(13)14/h1-3,9-10,18H,4H2. The van der Waals surface area contributed by atoms with Gasteiger partial charge in [0.1, 0.15) is 5.82 Å². The Morgan fingerprint density at radius 2 is 1.89 bits per heavy atom. The van der Waals surface area contributed by atoms with Crippen molar-refractivity contribution in [3.05, 3.63) is 35.1 Å². The molecule has 18 heavy (non-hydrogen) atoms. The number of halogens is 5. The number of hydrogen-bond acceptors (Lipinski definition) is 2. The van der Waals surface area contributed by atoms with Gasteiger partial charge in [0.05, 0.1) is 17.7 Å². The van der Waals surface area contributed by atoms with Gasteiger partial charge >= 0.3 is 12.3 Å². The molecule has 7 heteroatoms. The number of nitriles is 1. The molecule has 0 heterocycles. The summed E-state index contributed by atoms with van der Waals surface area (Å²) in [6, 6.07) is 4.08. The van der Waals surface area contributed by atoms with Crippen molar-refractivity contribution in [2.75, 3.05) is 0 Å². The van der Waals surface area contributed by atoms with Crippen LogP contribution in [0.5, 0.6) is 0 Å². The van der Waals surface area contributed by atoms with Gasteiger partial charge in [0.15, 0.2) is 0 Å². The van der Waals surface area contributed by atoms with Crippen LogP contribution in [0.2, 0.25) is 0 Å². The van der Waals surface area contributed by atoms with Crippen LogP contribution >= 0.6 is 0 Å². The second kappa shape index (κ2) is 5.31. The molecule has 0 aliphatic heterocycles. The first-order valence-corrected chi connectivity index (χ1v) is 4.81. The maximum Gasteiger partial charge on any atom is 0.310 e. The summed E-state index contributed by atoms with van der Waals surface area (Å²) < 4.78 is 62.2. The molecule has 1 aromatic carbocycles. The SMILES string of the molecule is N#Cc1cc(F)cc(C(O)CC(F)(F)C(F)F)c1. The molecule has 0 fully saturated rings. The number of aliphatic hydroxyl groups is 1. The second-order valence-corrected chi connectivity index (χ2v) is 3.67. The molecule has 1 rings (SSSR count). The van der Waals surface area contributed by atoms with Gasteiger partial charge in [-0.2, -0.15) is 5.26 Å². The van der Waals surface area contributed by atoms with Crippen molar-refractivity contribution in [2.45, 2.75) is 24.9 Å². The molecule has 0 spiro atoms. The highest BCUT2D eigenvalue weighted by molar-refractivity contribution is 5.34. The summed E-state index contributed by atoms with van der Waals surface area (Å²) in [5.41, 5.74) is -0.531. The van der Waals surface area contributed by atoms with Crippen molar-refractivity contribution in [1.29, 1.82) is 5.26 Å². The van der Waals surface area contributed by atoms with Crippen molar-refractivity contribution in [1.82, 2.24) is 0 Å². The monoisotopic (exact) mass is 265 g/mol. The van der Waals surface area contributed by atoms with Crippen molar-refractivity contribution in [2.24, 2.45) is 0 Å². The highest BCUT2D eigenvalue weighted by Crippen LogP contribution is 2.33. The maximum absolute atomic E-state index is 13.0. The van der Waals surface area contributed by atoms with Crippen LogP contribution in [0.25, 0.3) is 0 Å². The number of aliphatic hydroxyl groups excluding tert-OH is 1. The van der Waals surface area contributed by atoms with E-state index in [2.05, 4.69) is 0 Å². The largest absolute Gasteiger partial charge is 0.388 e. The van der Waals surface area contributed by atoms with E-state index in [1.807, 2.05) is 0 Å². The molecule has 2 nitrogen and oxygen atoms in total. The predicted octanol–water partition coefficient (Wildman–Crippen LogP) is 3.02. The fraction of sp³-hybridized carbons (Fsp3) is 0.364. The number of benzene rings is 1. The zero-order chi connectivity index (χ0) is 13.9. The van der Waals surface area contributed by atoms with E-state index in [1.54, 1.807) is 6.07 Å². The average molecular weight is 265 g/mol. The summed E-state index contributed by atoms with van der Waals surface area (Å²) in [5, 5.41) is 17.9. The number of rotatable bonds is 4. The van der Waals surface area contributed by atoms with E-state index in [1.165, 1.54) is 0 Å². The van der Waals surface area contributed by atoms with E-state index in [4.69, 9.17) is 5.26 Å². The molecular formula is C11H8F5NO.